The lowest BCUT2D eigenvalue weighted by Gasteiger charge is -2.30. The average molecular weight is 448 g/mol. The van der Waals surface area contributed by atoms with Gasteiger partial charge in [0.1, 0.15) is 5.65 Å². The van der Waals surface area contributed by atoms with Crippen LogP contribution in [0.3, 0.4) is 0 Å². The lowest BCUT2D eigenvalue weighted by molar-refractivity contribution is 0.234. The maximum Gasteiger partial charge on any atom is 0.252 e. The van der Waals surface area contributed by atoms with E-state index < -0.39 is 10.0 Å². The highest BCUT2D eigenvalue weighted by atomic mass is 32.2. The fourth-order valence-electron chi connectivity index (χ4n) is 4.40. The van der Waals surface area contributed by atoms with Gasteiger partial charge in [-0.05, 0) is 37.8 Å². The summed E-state index contributed by atoms with van der Waals surface area (Å²) < 4.78 is 32.9. The SMILES string of the molecule is COC/C=C/S(=O)(=O)N1CCC(Nc2ncc3ccc(=O)n(C4CCCC4)c3n2)CC1. The summed E-state index contributed by atoms with van der Waals surface area (Å²) in [5.74, 6) is 0.478. The van der Waals surface area contributed by atoms with Crippen LogP contribution < -0.4 is 10.9 Å². The zero-order chi connectivity index (χ0) is 21.8. The van der Waals surface area contributed by atoms with E-state index in [0.29, 0.717) is 37.5 Å². The quantitative estimate of drug-likeness (QED) is 0.694. The van der Waals surface area contributed by atoms with Crippen molar-refractivity contribution in [3.8, 4) is 0 Å². The molecule has 168 valence electrons. The third-order valence-corrected chi connectivity index (χ3v) is 7.66. The van der Waals surface area contributed by atoms with Gasteiger partial charge in [-0.15, -0.1) is 0 Å². The molecule has 0 radical (unpaired) electrons. The molecule has 1 aliphatic heterocycles. The number of pyridine rings is 1. The summed E-state index contributed by atoms with van der Waals surface area (Å²) in [4.78, 5) is 21.7. The summed E-state index contributed by atoms with van der Waals surface area (Å²) in [6, 6.07) is 3.63. The molecule has 0 spiro atoms. The smallest absolute Gasteiger partial charge is 0.252 e. The van der Waals surface area contributed by atoms with Gasteiger partial charge in [0.05, 0.1) is 6.61 Å². The monoisotopic (exact) mass is 447 g/mol. The number of sulfonamides is 1. The molecule has 0 aromatic carbocycles. The van der Waals surface area contributed by atoms with Crippen molar-refractivity contribution in [1.29, 1.82) is 0 Å². The molecule has 10 heteroatoms. The molecule has 1 N–H and O–H groups in total. The topological polar surface area (TPSA) is 106 Å². The minimum absolute atomic E-state index is 0.0240. The van der Waals surface area contributed by atoms with Crippen molar-refractivity contribution >= 4 is 27.0 Å². The number of methoxy groups -OCH3 is 1. The van der Waals surface area contributed by atoms with Gasteiger partial charge in [0.25, 0.3) is 5.56 Å². The number of nitrogens with one attached hydrogen (secondary N) is 1. The normalized spacial score (nSPS) is 19.5. The van der Waals surface area contributed by atoms with Crippen LogP contribution in [0.1, 0.15) is 44.6 Å². The lowest BCUT2D eigenvalue weighted by Crippen LogP contribution is -2.41. The zero-order valence-corrected chi connectivity index (χ0v) is 18.6. The Morgan fingerprint density at radius 3 is 2.65 bits per heavy atom. The van der Waals surface area contributed by atoms with E-state index in [4.69, 9.17) is 4.74 Å². The second-order valence-electron chi connectivity index (χ2n) is 8.14. The highest BCUT2D eigenvalue weighted by Gasteiger charge is 2.27. The molecular weight excluding hydrogens is 418 g/mol. The molecule has 3 heterocycles. The van der Waals surface area contributed by atoms with E-state index in [1.165, 1.54) is 22.9 Å². The number of ether oxygens (including phenoxy) is 1. The maximum atomic E-state index is 12.6. The largest absolute Gasteiger partial charge is 0.381 e. The molecule has 1 aliphatic carbocycles. The summed E-state index contributed by atoms with van der Waals surface area (Å²) in [6.07, 6.45) is 8.82. The fourth-order valence-corrected chi connectivity index (χ4v) is 5.62. The van der Waals surface area contributed by atoms with Crippen LogP contribution in [0.15, 0.2) is 34.6 Å². The molecule has 2 aromatic heterocycles. The lowest BCUT2D eigenvalue weighted by atomic mass is 10.1. The highest BCUT2D eigenvalue weighted by molar-refractivity contribution is 7.92. The summed E-state index contributed by atoms with van der Waals surface area (Å²) in [7, 11) is -1.90. The van der Waals surface area contributed by atoms with Crippen molar-refractivity contribution in [2.24, 2.45) is 0 Å². The molecule has 0 amide bonds. The highest BCUT2D eigenvalue weighted by Crippen LogP contribution is 2.30. The zero-order valence-electron chi connectivity index (χ0n) is 17.7. The minimum atomic E-state index is -3.42. The van der Waals surface area contributed by atoms with Crippen molar-refractivity contribution in [3.63, 3.8) is 0 Å². The van der Waals surface area contributed by atoms with E-state index in [1.807, 2.05) is 4.57 Å². The molecule has 2 aliphatic rings. The van der Waals surface area contributed by atoms with Gasteiger partial charge in [-0.2, -0.15) is 9.29 Å². The van der Waals surface area contributed by atoms with Crippen LogP contribution in [0.4, 0.5) is 5.95 Å². The van der Waals surface area contributed by atoms with Crippen LogP contribution in [-0.4, -0.2) is 60.1 Å². The molecule has 4 rings (SSSR count). The van der Waals surface area contributed by atoms with Crippen molar-refractivity contribution in [3.05, 3.63) is 40.2 Å². The number of nitrogens with zero attached hydrogens (tertiary/aromatic N) is 4. The second kappa shape index (κ2) is 9.46. The van der Waals surface area contributed by atoms with Crippen molar-refractivity contribution in [1.82, 2.24) is 18.8 Å². The average Bonchev–Trinajstić information content (AvgIpc) is 3.28. The van der Waals surface area contributed by atoms with Gasteiger partial charge in [-0.1, -0.05) is 12.8 Å². The van der Waals surface area contributed by atoms with Crippen LogP contribution in [0, 0.1) is 0 Å². The molecule has 9 nitrogen and oxygen atoms in total. The van der Waals surface area contributed by atoms with Gasteiger partial charge in [-0.25, -0.2) is 13.4 Å². The first kappa shape index (κ1) is 21.9. The Bertz CT molecular complexity index is 1100. The van der Waals surface area contributed by atoms with E-state index in [9.17, 15) is 13.2 Å². The van der Waals surface area contributed by atoms with Crippen molar-refractivity contribution < 1.29 is 13.2 Å². The van der Waals surface area contributed by atoms with Crippen LogP contribution in [-0.2, 0) is 14.8 Å². The third kappa shape index (κ3) is 4.97. The Labute approximate surface area is 182 Å². The number of aromatic nitrogens is 3. The number of hydrogen-bond donors (Lipinski definition) is 1. The summed E-state index contributed by atoms with van der Waals surface area (Å²) in [5.41, 5.74) is 0.643. The standard InChI is InChI=1S/C21H29N5O4S/c1-30-13-4-14-31(28,29)25-11-9-17(10-12-25)23-21-22-15-16-7-8-19(27)26(20(16)24-21)18-5-2-3-6-18/h4,7-8,14-15,17-18H,2-3,5-6,9-13H2,1H3,(H,22,23,24)/b14-4+. The van der Waals surface area contributed by atoms with E-state index >= 15 is 0 Å². The summed E-state index contributed by atoms with van der Waals surface area (Å²) in [6.45, 7) is 1.12. The van der Waals surface area contributed by atoms with E-state index in [0.717, 1.165) is 31.1 Å². The molecule has 1 saturated carbocycles. The predicted molar refractivity (Wildman–Crippen MR) is 119 cm³/mol. The molecule has 2 fully saturated rings. The van der Waals surface area contributed by atoms with Gasteiger partial charge in [0.2, 0.25) is 16.0 Å². The Morgan fingerprint density at radius 1 is 1.19 bits per heavy atom. The molecule has 31 heavy (non-hydrogen) atoms. The van der Waals surface area contributed by atoms with Crippen molar-refractivity contribution in [2.75, 3.05) is 32.1 Å². The van der Waals surface area contributed by atoms with Gasteiger partial charge in [0.15, 0.2) is 0 Å². The number of fused-ring (bicyclic) bond motifs is 1. The van der Waals surface area contributed by atoms with E-state index in [2.05, 4.69) is 15.3 Å². The molecule has 0 bridgehead atoms. The third-order valence-electron chi connectivity index (χ3n) is 6.03. The van der Waals surface area contributed by atoms with E-state index in [1.54, 1.807) is 18.3 Å². The molecule has 1 saturated heterocycles. The number of anilines is 1. The first-order valence-corrected chi connectivity index (χ1v) is 12.3. The molecular formula is C21H29N5O4S. The van der Waals surface area contributed by atoms with Gasteiger partial charge < -0.3 is 10.1 Å². The first-order valence-electron chi connectivity index (χ1n) is 10.8. The van der Waals surface area contributed by atoms with E-state index in [-0.39, 0.29) is 24.2 Å². The van der Waals surface area contributed by atoms with Gasteiger partial charge >= 0.3 is 0 Å². The molecule has 2 aromatic rings. The Balaban J connectivity index is 1.46. The Kier molecular flexibility index (Phi) is 6.68. The van der Waals surface area contributed by atoms with Gasteiger partial charge in [0, 0.05) is 55.3 Å². The van der Waals surface area contributed by atoms with Crippen LogP contribution in [0.5, 0.6) is 0 Å². The van der Waals surface area contributed by atoms with Crippen molar-refractivity contribution in [2.45, 2.75) is 50.6 Å². The second-order valence-corrected chi connectivity index (χ2v) is 9.96. The Morgan fingerprint density at radius 2 is 1.94 bits per heavy atom. The summed E-state index contributed by atoms with van der Waals surface area (Å²) >= 11 is 0. The molecule has 0 atom stereocenters. The van der Waals surface area contributed by atoms with Crippen LogP contribution >= 0.6 is 0 Å². The maximum absolute atomic E-state index is 12.6. The Hall–Kier alpha value is -2.30. The number of piperidine rings is 1. The minimum Gasteiger partial charge on any atom is -0.381 e. The van der Waals surface area contributed by atoms with Crippen LogP contribution in [0.25, 0.3) is 11.0 Å². The number of hydrogen-bond acceptors (Lipinski definition) is 7. The first-order chi connectivity index (χ1) is 15.0. The molecule has 0 unspecified atom stereocenters. The van der Waals surface area contributed by atoms with Crippen LogP contribution in [0.2, 0.25) is 0 Å². The van der Waals surface area contributed by atoms with Gasteiger partial charge in [-0.3, -0.25) is 9.36 Å². The summed E-state index contributed by atoms with van der Waals surface area (Å²) in [5, 5.41) is 5.39. The number of rotatable bonds is 7. The predicted octanol–water partition coefficient (Wildman–Crippen LogP) is 2.27. The fraction of sp³-hybridized carbons (Fsp3) is 0.571.